The standard InChI is InChI=1S/C18H15S.C15H33NO6.C13H10N2.C12H22N3O8S3.2C12H19N.C11H21NO3/c1-4-10-16(11-5-1)19(17-12-6-2-7-13-17)18-14-8-3-9-15-18;1-17-10-13-20-7-4-16(5-8-21-14-11-18-2)6-9-22-15-12-19-3;1-2-6-10(7-3-1)13-14-11-8-4-5-9-12(11)15-13;1-24(17,18)13-25(19,20)9-2-10-26(21,22)15-6-4-14(5-7-15)11-3-8-23-12(11)16;1-8(2)10-6-5-7-11(9(3)4)12(10)13;1-3-10-13(11-4-2)12-8-6-5-7-9-12;1-4-11(2,3)15-10(14)12-7-5-9(13)6-8-12/h1-15H;4-15H2,1-3H3;1-9H,(H,14,15);11H,2-10H2,1H3;5-9H,13H2,1-4H3;5-9H,3-4,10-11H2,1-2H3;9,13H,4-8H2,1-3H3/q+1;;;-1;;;. The second-order valence-corrected chi connectivity index (χ2v) is 38.5. The number of esters is 1. The van der Waals surface area contributed by atoms with Crippen molar-refractivity contribution in [1.29, 1.82) is 0 Å². The average molecular weight is 1780 g/mol. The molecule has 3 aliphatic rings. The zero-order chi connectivity index (χ0) is 89.9. The van der Waals surface area contributed by atoms with Crippen molar-refractivity contribution in [2.24, 2.45) is 0 Å². The van der Waals surface area contributed by atoms with Crippen LogP contribution in [0.4, 0.5) is 16.2 Å². The number of rotatable bonds is 39. The first kappa shape index (κ1) is 106. The molecule has 1 aromatic heterocycles. The number of imidazole rings is 1. The van der Waals surface area contributed by atoms with Crippen molar-refractivity contribution in [2.75, 3.05) is 188 Å². The smallest absolute Gasteiger partial charge is 0.410 e. The Labute approximate surface area is 737 Å². The molecular formula is C93H139N9O17S4. The number of hydrogen-bond donors (Lipinski definition) is 3. The fourth-order valence-electron chi connectivity index (χ4n) is 12.9. The Morgan fingerprint density at radius 3 is 1.45 bits per heavy atom. The first-order valence-electron chi connectivity index (χ1n) is 42.7. The number of amides is 1. The highest BCUT2D eigenvalue weighted by Crippen LogP contribution is 2.32. The van der Waals surface area contributed by atoms with Gasteiger partial charge in [0.15, 0.2) is 14.7 Å². The maximum atomic E-state index is 12.3. The number of nitrogens with one attached hydrogen (secondary N) is 1. The normalized spacial score (nSPS) is 14.6. The van der Waals surface area contributed by atoms with Crippen LogP contribution in [-0.2, 0) is 83.7 Å². The van der Waals surface area contributed by atoms with E-state index in [0.717, 1.165) is 67.3 Å². The van der Waals surface area contributed by atoms with Gasteiger partial charge in [-0.2, -0.15) is 4.31 Å². The number of nitrogen functional groups attached to an aromatic ring is 1. The second kappa shape index (κ2) is 58.4. The Kier molecular flexibility index (Phi) is 50.2. The van der Waals surface area contributed by atoms with Crippen LogP contribution in [0.25, 0.3) is 26.5 Å². The molecule has 0 bridgehead atoms. The van der Waals surface area contributed by atoms with Gasteiger partial charge in [0, 0.05) is 129 Å². The quantitative estimate of drug-likeness (QED) is 0.0139. The number of aromatic amines is 1. The maximum absolute atomic E-state index is 12.3. The number of hydrogen-bond acceptors (Lipinski definition) is 22. The summed E-state index contributed by atoms with van der Waals surface area (Å²) in [6.45, 7) is 32.4. The average Bonchev–Trinajstić information content (AvgIpc) is 1.37. The van der Waals surface area contributed by atoms with Gasteiger partial charge in [0.05, 0.1) is 120 Å². The highest BCUT2D eigenvalue weighted by atomic mass is 32.3. The number of piperazine rings is 1. The third kappa shape index (κ3) is 41.4. The number of carbonyl (C=O) groups excluding carboxylic acids is 2. The van der Waals surface area contributed by atoms with Gasteiger partial charge < -0.3 is 67.6 Å². The molecular weight excluding hydrogens is 1640 g/mol. The largest absolute Gasteiger partial charge is 0.464 e. The molecule has 8 aromatic rings. The van der Waals surface area contributed by atoms with Crippen molar-refractivity contribution in [3.8, 4) is 11.4 Å². The van der Waals surface area contributed by atoms with Crippen LogP contribution in [0.2, 0.25) is 0 Å². The van der Waals surface area contributed by atoms with Crippen molar-refractivity contribution in [1.82, 2.24) is 29.0 Å². The summed E-state index contributed by atoms with van der Waals surface area (Å²) < 4.78 is 115. The van der Waals surface area contributed by atoms with Gasteiger partial charge in [-0.15, -0.1) is 0 Å². The molecule has 4 N–H and O–H groups in total. The Morgan fingerprint density at radius 1 is 0.585 bits per heavy atom. The van der Waals surface area contributed by atoms with Crippen molar-refractivity contribution < 1.29 is 77.8 Å². The maximum Gasteiger partial charge on any atom is 0.410 e. The van der Waals surface area contributed by atoms with E-state index in [1.54, 1.807) is 26.2 Å². The first-order chi connectivity index (χ1) is 59.0. The summed E-state index contributed by atoms with van der Waals surface area (Å²) in [5.74, 6) is 0.583. The van der Waals surface area contributed by atoms with Crippen LogP contribution in [0, 0.1) is 0 Å². The molecule has 1 unspecified atom stereocenters. The lowest BCUT2D eigenvalue weighted by Gasteiger charge is -2.35. The number of para-hydroxylation sites is 4. The van der Waals surface area contributed by atoms with Gasteiger partial charge in [0.2, 0.25) is 10.0 Å². The molecule has 3 saturated heterocycles. The number of methoxy groups -OCH3 is 3. The van der Waals surface area contributed by atoms with Crippen LogP contribution in [0.1, 0.15) is 130 Å². The number of aromatic nitrogens is 2. The van der Waals surface area contributed by atoms with Crippen molar-refractivity contribution in [3.05, 3.63) is 209 Å². The molecule has 1 atom stereocenters. The molecule has 11 rings (SSSR count). The number of fused-ring (bicyclic) bond motifs is 1. The van der Waals surface area contributed by atoms with E-state index in [9.17, 15) is 39.9 Å². The number of benzene rings is 7. The van der Waals surface area contributed by atoms with Gasteiger partial charge >= 0.3 is 12.1 Å². The number of anilines is 2. The number of H-pyrrole nitrogens is 1. The summed E-state index contributed by atoms with van der Waals surface area (Å²) in [5.41, 5.74) is 13.8. The summed E-state index contributed by atoms with van der Waals surface area (Å²) in [7, 11) is -6.95. The molecule has 0 aliphatic carbocycles. The number of nitrogens with zero attached hydrogens (tertiary/aromatic N) is 7. The van der Waals surface area contributed by atoms with Gasteiger partial charge in [-0.25, -0.2) is 35.0 Å². The number of ether oxygens (including phenoxy) is 8. The van der Waals surface area contributed by atoms with E-state index in [0.29, 0.717) is 130 Å². The lowest BCUT2D eigenvalue weighted by Crippen LogP contribution is -2.53. The van der Waals surface area contributed by atoms with Gasteiger partial charge in [0.1, 0.15) is 17.5 Å². The molecule has 26 nitrogen and oxygen atoms in total. The lowest BCUT2D eigenvalue weighted by atomic mass is 9.93. The molecule has 0 saturated carbocycles. The molecule has 0 spiro atoms. The Hall–Kier alpha value is -7.89. The van der Waals surface area contributed by atoms with Gasteiger partial charge in [0.25, 0.3) is 0 Å². The molecule has 3 fully saturated rings. The molecule has 1 amide bonds. The molecule has 7 aromatic carbocycles. The number of carbonyl (C=O) groups is 2. The number of sulfonamides is 3. The SMILES string of the molecule is CC(C)c1cccc(C(C)C)c1N.CCC(C)(C)OC(=O)N1CCC(O)CC1.CCCN(CCC)c1ccccc1.COCCOCCN(CCOCCOC)CCOCCOC.CS(=O)(=O)[N-]S(=O)(=O)CCCS(=O)(=O)N1CCN(C2CCOC2=O)CC1.c1ccc(-c2nc3ccccc3[nH]2)cc1.c1ccc([S+](c2ccccc2)c2ccccc2)cc1. The minimum absolute atomic E-state index is 0.0146. The number of piperidine rings is 1. The zero-order valence-corrected chi connectivity index (χ0v) is 78.1. The predicted molar refractivity (Wildman–Crippen MR) is 496 cm³/mol. The highest BCUT2D eigenvalue weighted by molar-refractivity contribution is 8.11. The Bertz CT molecular complexity index is 4320. The van der Waals surface area contributed by atoms with Crippen LogP contribution in [-0.4, -0.2) is 266 Å². The number of aliphatic hydroxyl groups is 1. The van der Waals surface area contributed by atoms with E-state index in [-0.39, 0.29) is 54.6 Å². The summed E-state index contributed by atoms with van der Waals surface area (Å²) in [6.07, 6.45) is 5.02. The second-order valence-electron chi connectivity index (χ2n) is 30.7. The van der Waals surface area contributed by atoms with Gasteiger partial charge in [-0.3, -0.25) is 14.6 Å². The summed E-state index contributed by atoms with van der Waals surface area (Å²) in [6, 6.07) is 67.0. The summed E-state index contributed by atoms with van der Waals surface area (Å²) in [5, 5.41) is 9.31. The topological polar surface area (TPSA) is 316 Å². The fraction of sp³-hybridized carbons (Fsp3) is 0.516. The van der Waals surface area contributed by atoms with Crippen LogP contribution < -0.4 is 10.6 Å². The molecule has 30 heteroatoms. The molecule has 3 aliphatic heterocycles. The minimum Gasteiger partial charge on any atom is -0.464 e. The van der Waals surface area contributed by atoms with Crippen LogP contribution >= 0.6 is 0 Å². The molecule has 4 heterocycles. The summed E-state index contributed by atoms with van der Waals surface area (Å²) >= 11 is 0. The van der Waals surface area contributed by atoms with Crippen LogP contribution in [0.15, 0.2) is 209 Å². The van der Waals surface area contributed by atoms with E-state index < -0.39 is 47.2 Å². The van der Waals surface area contributed by atoms with Gasteiger partial charge in [-0.1, -0.05) is 182 Å². The van der Waals surface area contributed by atoms with E-state index in [1.807, 2.05) is 68.1 Å². The van der Waals surface area contributed by atoms with E-state index in [2.05, 4.69) is 217 Å². The predicted octanol–water partition coefficient (Wildman–Crippen LogP) is 15.2. The lowest BCUT2D eigenvalue weighted by molar-refractivity contribution is -0.142. The number of aliphatic hydroxyl groups excluding tert-OH is 1. The zero-order valence-electron chi connectivity index (χ0n) is 74.8. The first-order valence-corrected chi connectivity index (χ1v) is 49.0. The third-order valence-electron chi connectivity index (χ3n) is 19.9. The van der Waals surface area contributed by atoms with Crippen molar-refractivity contribution in [3.63, 3.8) is 0 Å². The van der Waals surface area contributed by atoms with Crippen LogP contribution in [0.5, 0.6) is 0 Å². The molecule has 123 heavy (non-hydrogen) atoms. The van der Waals surface area contributed by atoms with Gasteiger partial charge in [-0.05, 0) is 136 Å². The fourth-order valence-corrected chi connectivity index (χ4v) is 19.1. The minimum atomic E-state index is -4.22. The number of likely N-dealkylation sites (tertiary alicyclic amines) is 1. The van der Waals surface area contributed by atoms with Crippen molar-refractivity contribution in [2.45, 2.75) is 152 Å². The van der Waals surface area contributed by atoms with E-state index in [4.69, 9.17) is 43.6 Å². The monoisotopic (exact) mass is 1780 g/mol. The Morgan fingerprint density at radius 2 is 1.03 bits per heavy atom. The molecule has 682 valence electrons. The highest BCUT2D eigenvalue weighted by Gasteiger charge is 2.37. The Balaban J connectivity index is 0.000000258. The number of nitrogens with two attached hydrogens (primary N) is 1. The van der Waals surface area contributed by atoms with E-state index >= 15 is 0 Å². The molecule has 0 radical (unpaired) electrons. The summed E-state index contributed by atoms with van der Waals surface area (Å²) in [4.78, 5) is 43.5. The third-order valence-corrected chi connectivity index (χ3v) is 26.8. The number of cyclic esters (lactones) is 1. The van der Waals surface area contributed by atoms with Crippen molar-refractivity contribution >= 4 is 75.4 Å². The van der Waals surface area contributed by atoms with Crippen LogP contribution in [0.3, 0.4) is 0 Å². The van der Waals surface area contributed by atoms with E-state index in [1.165, 1.54) is 48.6 Å².